The number of rotatable bonds is 4. The van der Waals surface area contributed by atoms with Crippen LogP contribution in [0.3, 0.4) is 0 Å². The van der Waals surface area contributed by atoms with Gasteiger partial charge in [0.2, 0.25) is 5.28 Å². The van der Waals surface area contributed by atoms with Crippen LogP contribution in [-0.4, -0.2) is 64.4 Å². The van der Waals surface area contributed by atoms with Crippen molar-refractivity contribution in [3.8, 4) is 5.75 Å². The minimum Gasteiger partial charge on any atom is -0.503 e. The van der Waals surface area contributed by atoms with Crippen LogP contribution < -0.4 is 4.90 Å². The Bertz CT molecular complexity index is 782. The molecule has 0 radical (unpaired) electrons. The highest BCUT2D eigenvalue weighted by atomic mass is 35.5. The van der Waals surface area contributed by atoms with E-state index in [9.17, 15) is 23.4 Å². The van der Waals surface area contributed by atoms with Crippen LogP contribution in [0.4, 0.5) is 10.6 Å². The number of amides is 1. The molecule has 0 bridgehead atoms. The molecule has 1 aromatic rings. The molecule has 1 saturated heterocycles. The normalized spacial score (nSPS) is 18.7. The monoisotopic (exact) mass is 421 g/mol. The van der Waals surface area contributed by atoms with Gasteiger partial charge in [-0.05, 0) is 51.1 Å². The summed E-state index contributed by atoms with van der Waals surface area (Å²) in [6, 6.07) is -0.841. The number of sulfone groups is 1. The highest BCUT2D eigenvalue weighted by Crippen LogP contribution is 2.33. The zero-order valence-electron chi connectivity index (χ0n) is 15.4. The second kappa shape index (κ2) is 8.15. The topological polar surface area (TPSA) is 130 Å². The van der Waals surface area contributed by atoms with Crippen LogP contribution in [0, 0.1) is 5.92 Å². The Kier molecular flexibility index (Phi) is 6.54. The SMILES string of the molecule is CC(C)(C)OC(=O)N(c1nc(Cl)ncc1O)C(CO)C1CCS(=O)(=O)CC1. The molecule has 1 aliphatic heterocycles. The number of carbonyl (C=O) groups excluding carboxylic acids is 1. The maximum absolute atomic E-state index is 12.9. The van der Waals surface area contributed by atoms with Gasteiger partial charge in [-0.2, -0.15) is 4.98 Å². The summed E-state index contributed by atoms with van der Waals surface area (Å²) >= 11 is 5.82. The quantitative estimate of drug-likeness (QED) is 0.703. The molecule has 1 aromatic heterocycles. The number of hydrogen-bond donors (Lipinski definition) is 2. The summed E-state index contributed by atoms with van der Waals surface area (Å²) in [5.41, 5.74) is -0.836. The molecule has 2 N–H and O–H groups in total. The number of carbonyl (C=O) groups is 1. The first-order valence-electron chi connectivity index (χ1n) is 8.48. The van der Waals surface area contributed by atoms with E-state index >= 15 is 0 Å². The van der Waals surface area contributed by atoms with Gasteiger partial charge in [-0.3, -0.25) is 4.90 Å². The van der Waals surface area contributed by atoms with Crippen LogP contribution in [0.2, 0.25) is 5.28 Å². The minimum atomic E-state index is -3.12. The van der Waals surface area contributed by atoms with E-state index in [0.29, 0.717) is 0 Å². The first kappa shape index (κ1) is 21.6. The summed E-state index contributed by atoms with van der Waals surface area (Å²) in [6.07, 6.45) is 0.751. The molecule has 1 unspecified atom stereocenters. The van der Waals surface area contributed by atoms with E-state index in [2.05, 4.69) is 9.97 Å². The molecule has 2 heterocycles. The number of aromatic hydroxyl groups is 1. The second-order valence-electron chi connectivity index (χ2n) is 7.44. The van der Waals surface area contributed by atoms with Crippen molar-refractivity contribution in [2.75, 3.05) is 23.0 Å². The fraction of sp³-hybridized carbons (Fsp3) is 0.688. The number of aromatic nitrogens is 2. The average Bonchev–Trinajstić information content (AvgIpc) is 2.54. The third-order valence-corrected chi connectivity index (χ3v) is 6.10. The van der Waals surface area contributed by atoms with Crippen molar-refractivity contribution in [3.05, 3.63) is 11.5 Å². The molecule has 2 rings (SSSR count). The Morgan fingerprint density at radius 1 is 1.41 bits per heavy atom. The number of anilines is 1. The number of halogens is 1. The lowest BCUT2D eigenvalue weighted by Gasteiger charge is -2.37. The highest BCUT2D eigenvalue weighted by molar-refractivity contribution is 7.91. The fourth-order valence-electron chi connectivity index (χ4n) is 2.95. The van der Waals surface area contributed by atoms with E-state index in [4.69, 9.17) is 16.3 Å². The molecule has 11 heteroatoms. The van der Waals surface area contributed by atoms with Gasteiger partial charge in [0.05, 0.1) is 30.4 Å². The summed E-state index contributed by atoms with van der Waals surface area (Å²) < 4.78 is 28.8. The molecule has 27 heavy (non-hydrogen) atoms. The summed E-state index contributed by atoms with van der Waals surface area (Å²) in [7, 11) is -3.12. The number of hydrogen-bond acceptors (Lipinski definition) is 8. The molecule has 9 nitrogen and oxygen atoms in total. The van der Waals surface area contributed by atoms with E-state index < -0.39 is 39.9 Å². The Balaban J connectivity index is 2.43. The Morgan fingerprint density at radius 2 is 2.00 bits per heavy atom. The smallest absolute Gasteiger partial charge is 0.416 e. The van der Waals surface area contributed by atoms with Crippen molar-refractivity contribution in [1.29, 1.82) is 0 Å². The van der Waals surface area contributed by atoms with Crippen LogP contribution in [0.15, 0.2) is 6.20 Å². The molecule has 0 aliphatic carbocycles. The van der Waals surface area contributed by atoms with Crippen molar-refractivity contribution < 1.29 is 28.2 Å². The fourth-order valence-corrected chi connectivity index (χ4v) is 4.60. The van der Waals surface area contributed by atoms with Crippen molar-refractivity contribution >= 4 is 33.3 Å². The second-order valence-corrected chi connectivity index (χ2v) is 10.1. The highest BCUT2D eigenvalue weighted by Gasteiger charge is 2.39. The van der Waals surface area contributed by atoms with Crippen LogP contribution in [0.1, 0.15) is 33.6 Å². The van der Waals surface area contributed by atoms with E-state index in [-0.39, 0.29) is 41.4 Å². The molecule has 1 aliphatic rings. The zero-order valence-corrected chi connectivity index (χ0v) is 17.0. The predicted molar refractivity (Wildman–Crippen MR) is 99.7 cm³/mol. The molecular formula is C16H24ClN3O6S. The first-order chi connectivity index (χ1) is 12.4. The van der Waals surface area contributed by atoms with E-state index in [0.717, 1.165) is 11.1 Å². The summed E-state index contributed by atoms with van der Waals surface area (Å²) in [6.45, 7) is 4.57. The number of aliphatic hydroxyl groups excluding tert-OH is 1. The molecule has 1 atom stereocenters. The van der Waals surface area contributed by atoms with Crippen LogP contribution in [0.25, 0.3) is 0 Å². The van der Waals surface area contributed by atoms with Crippen molar-refractivity contribution in [3.63, 3.8) is 0 Å². The molecule has 0 spiro atoms. The van der Waals surface area contributed by atoms with Gasteiger partial charge in [0.25, 0.3) is 0 Å². The van der Waals surface area contributed by atoms with Gasteiger partial charge in [-0.1, -0.05) is 0 Å². The van der Waals surface area contributed by atoms with Gasteiger partial charge >= 0.3 is 6.09 Å². The van der Waals surface area contributed by atoms with Crippen LogP contribution in [-0.2, 0) is 14.6 Å². The number of nitrogens with zero attached hydrogens (tertiary/aromatic N) is 3. The largest absolute Gasteiger partial charge is 0.503 e. The van der Waals surface area contributed by atoms with Gasteiger partial charge in [0, 0.05) is 0 Å². The molecule has 0 saturated carbocycles. The van der Waals surface area contributed by atoms with Crippen LogP contribution in [0.5, 0.6) is 5.75 Å². The van der Waals surface area contributed by atoms with E-state index in [1.807, 2.05) is 0 Å². The predicted octanol–water partition coefficient (Wildman–Crippen LogP) is 1.76. The molecule has 1 amide bonds. The molecule has 152 valence electrons. The third-order valence-electron chi connectivity index (χ3n) is 4.20. The van der Waals surface area contributed by atoms with Gasteiger partial charge < -0.3 is 14.9 Å². The third kappa shape index (κ3) is 5.66. The maximum atomic E-state index is 12.9. The Hall–Kier alpha value is -1.65. The first-order valence-corrected chi connectivity index (χ1v) is 10.7. The van der Waals surface area contributed by atoms with Gasteiger partial charge in [-0.15, -0.1) is 0 Å². The van der Waals surface area contributed by atoms with Crippen molar-refractivity contribution in [2.24, 2.45) is 5.92 Å². The molecule has 0 aromatic carbocycles. The summed E-state index contributed by atoms with van der Waals surface area (Å²) in [5, 5.41) is 20.0. The Morgan fingerprint density at radius 3 is 2.52 bits per heavy atom. The lowest BCUT2D eigenvalue weighted by molar-refractivity contribution is 0.0527. The molecular weight excluding hydrogens is 398 g/mol. The standard InChI is InChI=1S/C16H24ClN3O6S/c1-16(2,3)26-15(23)20(13-12(22)8-18-14(17)19-13)11(9-21)10-4-6-27(24,25)7-5-10/h8,10-11,21-22H,4-7,9H2,1-3H3. The summed E-state index contributed by atoms with van der Waals surface area (Å²) in [4.78, 5) is 21.5. The summed E-state index contributed by atoms with van der Waals surface area (Å²) in [5.74, 6) is -0.997. The molecule has 1 fully saturated rings. The lowest BCUT2D eigenvalue weighted by atomic mass is 9.93. The van der Waals surface area contributed by atoms with E-state index in [1.54, 1.807) is 20.8 Å². The number of aliphatic hydroxyl groups is 1. The van der Waals surface area contributed by atoms with Gasteiger partial charge in [0.15, 0.2) is 11.6 Å². The van der Waals surface area contributed by atoms with Crippen molar-refractivity contribution in [2.45, 2.75) is 45.3 Å². The zero-order chi connectivity index (χ0) is 20.4. The van der Waals surface area contributed by atoms with Gasteiger partial charge in [-0.25, -0.2) is 18.2 Å². The lowest BCUT2D eigenvalue weighted by Crippen LogP contribution is -2.51. The van der Waals surface area contributed by atoms with Crippen molar-refractivity contribution in [1.82, 2.24) is 9.97 Å². The Labute approximate surface area is 163 Å². The average molecular weight is 422 g/mol. The maximum Gasteiger partial charge on any atom is 0.416 e. The number of ether oxygens (including phenoxy) is 1. The minimum absolute atomic E-state index is 0.0349. The van der Waals surface area contributed by atoms with Crippen LogP contribution >= 0.6 is 11.6 Å². The van der Waals surface area contributed by atoms with E-state index in [1.165, 1.54) is 0 Å². The van der Waals surface area contributed by atoms with Gasteiger partial charge in [0.1, 0.15) is 15.4 Å².